The molecule has 1 heterocycles. The number of rotatable bonds is 4. The Morgan fingerprint density at radius 1 is 1.19 bits per heavy atom. The van der Waals surface area contributed by atoms with Crippen molar-refractivity contribution in [2.45, 2.75) is 51.2 Å². The maximum absolute atomic E-state index is 9.57. The van der Waals surface area contributed by atoms with Gasteiger partial charge in [0.15, 0.2) is 0 Å². The van der Waals surface area contributed by atoms with Crippen molar-refractivity contribution in [1.82, 2.24) is 5.32 Å². The van der Waals surface area contributed by atoms with Crippen LogP contribution in [0.25, 0.3) is 0 Å². The van der Waals surface area contributed by atoms with E-state index in [2.05, 4.69) is 12.2 Å². The van der Waals surface area contributed by atoms with Crippen LogP contribution >= 0.6 is 0 Å². The first-order chi connectivity index (χ1) is 7.75. The number of hydrogen-bond donors (Lipinski definition) is 2. The van der Waals surface area contributed by atoms with E-state index in [0.29, 0.717) is 13.2 Å². The Labute approximate surface area is 98.6 Å². The monoisotopic (exact) mass is 227 g/mol. The minimum Gasteiger partial charge on any atom is -0.389 e. The molecule has 1 aliphatic heterocycles. The zero-order valence-electron chi connectivity index (χ0n) is 10.3. The summed E-state index contributed by atoms with van der Waals surface area (Å²) in [6.07, 6.45) is 6.56. The number of nitrogens with one attached hydrogen (secondary N) is 1. The van der Waals surface area contributed by atoms with Crippen LogP contribution in [0.2, 0.25) is 0 Å². The fourth-order valence-corrected chi connectivity index (χ4v) is 2.83. The van der Waals surface area contributed by atoms with Crippen LogP contribution in [0.3, 0.4) is 0 Å². The van der Waals surface area contributed by atoms with Crippen molar-refractivity contribution < 1.29 is 9.84 Å². The summed E-state index contributed by atoms with van der Waals surface area (Å²) in [6.45, 7) is 4.56. The highest BCUT2D eigenvalue weighted by atomic mass is 16.5. The first-order valence-corrected chi connectivity index (χ1v) is 6.75. The van der Waals surface area contributed by atoms with E-state index in [1.54, 1.807) is 0 Å². The molecule has 2 atom stereocenters. The summed E-state index contributed by atoms with van der Waals surface area (Å²) in [5, 5.41) is 13.0. The summed E-state index contributed by atoms with van der Waals surface area (Å²) in [7, 11) is 0. The molecule has 1 saturated heterocycles. The van der Waals surface area contributed by atoms with Crippen LogP contribution in [0.15, 0.2) is 0 Å². The maximum atomic E-state index is 9.57. The molecule has 94 valence electrons. The second kappa shape index (κ2) is 5.99. The third kappa shape index (κ3) is 3.44. The Balaban J connectivity index is 1.57. The average Bonchev–Trinajstić information content (AvgIpc) is 2.68. The summed E-state index contributed by atoms with van der Waals surface area (Å²) in [5.41, 5.74) is 0. The van der Waals surface area contributed by atoms with Crippen LogP contribution in [0, 0.1) is 11.8 Å². The summed E-state index contributed by atoms with van der Waals surface area (Å²) >= 11 is 0. The van der Waals surface area contributed by atoms with Crippen molar-refractivity contribution in [2.24, 2.45) is 11.8 Å². The first kappa shape index (κ1) is 12.3. The van der Waals surface area contributed by atoms with Crippen molar-refractivity contribution in [3.05, 3.63) is 0 Å². The minimum atomic E-state index is -0.300. The van der Waals surface area contributed by atoms with Crippen LogP contribution in [-0.2, 0) is 4.74 Å². The van der Waals surface area contributed by atoms with Crippen molar-refractivity contribution in [2.75, 3.05) is 19.8 Å². The molecule has 2 fully saturated rings. The summed E-state index contributed by atoms with van der Waals surface area (Å²) in [5.74, 6) is 1.84. The number of aliphatic hydroxyl groups is 1. The fraction of sp³-hybridized carbons (Fsp3) is 1.00. The SMILES string of the molecule is CC1CCC(CCNC2COCC2O)CC1. The summed E-state index contributed by atoms with van der Waals surface area (Å²) < 4.78 is 5.21. The van der Waals surface area contributed by atoms with Gasteiger partial charge in [-0.1, -0.05) is 32.6 Å². The normalized spacial score (nSPS) is 40.1. The van der Waals surface area contributed by atoms with Crippen LogP contribution in [0.5, 0.6) is 0 Å². The van der Waals surface area contributed by atoms with Gasteiger partial charge in [-0.05, 0) is 24.8 Å². The zero-order chi connectivity index (χ0) is 11.4. The van der Waals surface area contributed by atoms with Gasteiger partial charge >= 0.3 is 0 Å². The third-order valence-electron chi connectivity index (χ3n) is 4.15. The van der Waals surface area contributed by atoms with Crippen LogP contribution in [0.1, 0.15) is 39.0 Å². The van der Waals surface area contributed by atoms with E-state index in [-0.39, 0.29) is 12.1 Å². The van der Waals surface area contributed by atoms with Gasteiger partial charge in [-0.2, -0.15) is 0 Å². The molecule has 0 aromatic carbocycles. The minimum absolute atomic E-state index is 0.169. The number of hydrogen-bond acceptors (Lipinski definition) is 3. The van der Waals surface area contributed by atoms with Gasteiger partial charge in [0.2, 0.25) is 0 Å². The molecule has 16 heavy (non-hydrogen) atoms. The van der Waals surface area contributed by atoms with Gasteiger partial charge in [0.05, 0.1) is 25.4 Å². The van der Waals surface area contributed by atoms with E-state index in [1.165, 1.54) is 32.1 Å². The third-order valence-corrected chi connectivity index (χ3v) is 4.15. The Bertz CT molecular complexity index is 202. The highest BCUT2D eigenvalue weighted by Gasteiger charge is 2.25. The van der Waals surface area contributed by atoms with Crippen molar-refractivity contribution in [1.29, 1.82) is 0 Å². The first-order valence-electron chi connectivity index (χ1n) is 6.75. The predicted molar refractivity (Wildman–Crippen MR) is 64.4 cm³/mol. The molecule has 0 aromatic heterocycles. The van der Waals surface area contributed by atoms with Crippen molar-refractivity contribution in [3.8, 4) is 0 Å². The van der Waals surface area contributed by atoms with Gasteiger partial charge in [0, 0.05) is 0 Å². The molecule has 1 aliphatic carbocycles. The second-order valence-corrected chi connectivity index (χ2v) is 5.58. The van der Waals surface area contributed by atoms with Gasteiger partial charge < -0.3 is 15.2 Å². The van der Waals surface area contributed by atoms with Crippen molar-refractivity contribution in [3.63, 3.8) is 0 Å². The van der Waals surface area contributed by atoms with Gasteiger partial charge in [-0.15, -0.1) is 0 Å². The number of aliphatic hydroxyl groups excluding tert-OH is 1. The van der Waals surface area contributed by atoms with Gasteiger partial charge in [-0.3, -0.25) is 0 Å². The molecule has 2 unspecified atom stereocenters. The fourth-order valence-electron chi connectivity index (χ4n) is 2.83. The molecule has 2 N–H and O–H groups in total. The van der Waals surface area contributed by atoms with Crippen LogP contribution in [-0.4, -0.2) is 37.0 Å². The smallest absolute Gasteiger partial charge is 0.0948 e. The zero-order valence-corrected chi connectivity index (χ0v) is 10.3. The molecule has 3 heteroatoms. The van der Waals surface area contributed by atoms with Crippen molar-refractivity contribution >= 4 is 0 Å². The summed E-state index contributed by atoms with van der Waals surface area (Å²) in [4.78, 5) is 0. The Morgan fingerprint density at radius 3 is 2.56 bits per heavy atom. The average molecular weight is 227 g/mol. The Hall–Kier alpha value is -0.120. The molecule has 0 radical (unpaired) electrons. The lowest BCUT2D eigenvalue weighted by Gasteiger charge is -2.26. The largest absolute Gasteiger partial charge is 0.389 e. The van der Waals surface area contributed by atoms with E-state index in [1.807, 2.05) is 0 Å². The Kier molecular flexibility index (Phi) is 4.62. The number of ether oxygens (including phenoxy) is 1. The molecule has 0 spiro atoms. The Morgan fingerprint density at radius 2 is 1.94 bits per heavy atom. The standard InChI is InChI=1S/C13H25NO2/c1-10-2-4-11(5-3-10)6-7-14-12-8-16-9-13(12)15/h10-15H,2-9H2,1H3. The maximum Gasteiger partial charge on any atom is 0.0948 e. The molecule has 2 aliphatic rings. The van der Waals surface area contributed by atoms with Crippen LogP contribution < -0.4 is 5.32 Å². The van der Waals surface area contributed by atoms with Gasteiger partial charge in [0.25, 0.3) is 0 Å². The topological polar surface area (TPSA) is 41.5 Å². The van der Waals surface area contributed by atoms with E-state index < -0.39 is 0 Å². The molecular formula is C13H25NO2. The van der Waals surface area contributed by atoms with E-state index in [9.17, 15) is 5.11 Å². The molecule has 3 nitrogen and oxygen atoms in total. The molecule has 0 bridgehead atoms. The molecule has 0 aromatic rings. The molecule has 1 saturated carbocycles. The lowest BCUT2D eigenvalue weighted by Crippen LogP contribution is -2.39. The lowest BCUT2D eigenvalue weighted by atomic mass is 9.81. The highest BCUT2D eigenvalue weighted by molar-refractivity contribution is 4.81. The lowest BCUT2D eigenvalue weighted by molar-refractivity contribution is 0.122. The molecular weight excluding hydrogens is 202 g/mol. The van der Waals surface area contributed by atoms with Crippen LogP contribution in [0.4, 0.5) is 0 Å². The van der Waals surface area contributed by atoms with Gasteiger partial charge in [-0.25, -0.2) is 0 Å². The summed E-state index contributed by atoms with van der Waals surface area (Å²) in [6, 6.07) is 0.169. The molecule has 0 amide bonds. The highest BCUT2D eigenvalue weighted by Crippen LogP contribution is 2.29. The van der Waals surface area contributed by atoms with Gasteiger partial charge in [0.1, 0.15) is 0 Å². The van der Waals surface area contributed by atoms with E-state index >= 15 is 0 Å². The molecule has 2 rings (SSSR count). The van der Waals surface area contributed by atoms with E-state index in [0.717, 1.165) is 18.4 Å². The predicted octanol–water partition coefficient (Wildman–Crippen LogP) is 1.55. The second-order valence-electron chi connectivity index (χ2n) is 5.58. The quantitative estimate of drug-likeness (QED) is 0.765. The van der Waals surface area contributed by atoms with E-state index in [4.69, 9.17) is 4.74 Å².